The highest BCUT2D eigenvalue weighted by Crippen LogP contribution is 2.26. The summed E-state index contributed by atoms with van der Waals surface area (Å²) in [4.78, 5) is 44.2. The van der Waals surface area contributed by atoms with E-state index >= 15 is 0 Å². The molecule has 1 amide bonds. The Labute approximate surface area is 165 Å². The molecule has 1 aromatic heterocycles. The molecule has 1 aliphatic rings. The molecule has 5 rings (SSSR count). The molecule has 0 saturated carbocycles. The summed E-state index contributed by atoms with van der Waals surface area (Å²) in [5.74, 6) is -0.563. The number of nitrogens with zero attached hydrogens (tertiary/aromatic N) is 2. The molecule has 3 aromatic carbocycles. The van der Waals surface area contributed by atoms with Crippen LogP contribution in [0.1, 0.15) is 32.6 Å². The van der Waals surface area contributed by atoms with Crippen molar-refractivity contribution < 1.29 is 9.59 Å². The summed E-state index contributed by atoms with van der Waals surface area (Å²) in [6, 6.07) is 21.3. The zero-order chi connectivity index (χ0) is 20.0. The van der Waals surface area contributed by atoms with Gasteiger partial charge in [-0.2, -0.15) is 0 Å². The molecule has 1 N–H and O–H groups in total. The maximum atomic E-state index is 13.4. The number of Topliss-reactive ketones (excluding diaryl/α,β-unsaturated/α-hetero) is 1. The van der Waals surface area contributed by atoms with Gasteiger partial charge in [-0.1, -0.05) is 54.6 Å². The van der Waals surface area contributed by atoms with Crippen LogP contribution in [0.4, 0.5) is 0 Å². The topological polar surface area (TPSA) is 81.1 Å². The zero-order valence-corrected chi connectivity index (χ0v) is 15.2. The number of rotatable bonds is 2. The fourth-order valence-corrected chi connectivity index (χ4v) is 3.66. The first-order valence-electron chi connectivity index (χ1n) is 9.16. The fraction of sp³-hybridized carbons (Fsp3) is 0.0435. The van der Waals surface area contributed by atoms with Crippen molar-refractivity contribution in [3.8, 4) is 5.69 Å². The molecular weight excluding hydrogens is 366 g/mol. The predicted molar refractivity (Wildman–Crippen MR) is 108 cm³/mol. The third kappa shape index (κ3) is 2.65. The number of fused-ring (bicyclic) bond motifs is 4. The van der Waals surface area contributed by atoms with Crippen molar-refractivity contribution in [2.24, 2.45) is 0 Å². The molecule has 6 heteroatoms. The standard InChI is InChI=1S/C23H15N3O3/c27-20(14-8-2-1-3-9-14)19-21-24-17-12-6-4-10-15(17)23(29)26(21)18-13-7-5-11-16(18)22(28)25-19/h1-13,19H,(H,25,28)/t19-/m1/s1. The second kappa shape index (κ2) is 6.53. The number of hydrogen-bond donors (Lipinski definition) is 1. The molecule has 4 aromatic rings. The third-order valence-electron chi connectivity index (χ3n) is 5.05. The maximum absolute atomic E-state index is 13.4. The highest BCUT2D eigenvalue weighted by Gasteiger charge is 2.34. The molecule has 0 aliphatic carbocycles. The van der Waals surface area contributed by atoms with Crippen molar-refractivity contribution in [1.29, 1.82) is 0 Å². The molecule has 140 valence electrons. The van der Waals surface area contributed by atoms with Gasteiger partial charge in [-0.3, -0.25) is 19.0 Å². The summed E-state index contributed by atoms with van der Waals surface area (Å²) < 4.78 is 1.38. The Morgan fingerprint density at radius 3 is 2.38 bits per heavy atom. The van der Waals surface area contributed by atoms with Gasteiger partial charge in [0.1, 0.15) is 5.82 Å². The first kappa shape index (κ1) is 17.1. The van der Waals surface area contributed by atoms with Crippen LogP contribution in [-0.2, 0) is 0 Å². The third-order valence-corrected chi connectivity index (χ3v) is 5.05. The van der Waals surface area contributed by atoms with E-state index in [2.05, 4.69) is 10.3 Å². The number of para-hydroxylation sites is 2. The van der Waals surface area contributed by atoms with Gasteiger partial charge in [0.25, 0.3) is 11.5 Å². The van der Waals surface area contributed by atoms with Gasteiger partial charge in [-0.05, 0) is 24.3 Å². The minimum atomic E-state index is -1.09. The molecule has 0 unspecified atom stereocenters. The molecule has 6 nitrogen and oxygen atoms in total. The minimum Gasteiger partial charge on any atom is -0.335 e. The highest BCUT2D eigenvalue weighted by molar-refractivity contribution is 6.06. The van der Waals surface area contributed by atoms with Gasteiger partial charge in [-0.15, -0.1) is 0 Å². The molecule has 1 atom stereocenters. The first-order chi connectivity index (χ1) is 14.1. The quantitative estimate of drug-likeness (QED) is 0.541. The second-order valence-electron chi connectivity index (χ2n) is 6.78. The van der Waals surface area contributed by atoms with Crippen molar-refractivity contribution >= 4 is 22.6 Å². The summed E-state index contributed by atoms with van der Waals surface area (Å²) in [5.41, 5.74) is 1.31. The molecular formula is C23H15N3O3. The summed E-state index contributed by atoms with van der Waals surface area (Å²) in [5, 5.41) is 3.19. The summed E-state index contributed by atoms with van der Waals surface area (Å²) in [7, 11) is 0. The Kier molecular flexibility index (Phi) is 3.84. The molecule has 1 aliphatic heterocycles. The molecule has 0 radical (unpaired) electrons. The van der Waals surface area contributed by atoms with E-state index in [9.17, 15) is 14.4 Å². The number of hydrogen-bond acceptors (Lipinski definition) is 4. The normalized spacial score (nSPS) is 15.2. The van der Waals surface area contributed by atoms with E-state index in [0.717, 1.165) is 0 Å². The van der Waals surface area contributed by atoms with Gasteiger partial charge in [0, 0.05) is 5.56 Å². The average Bonchev–Trinajstić information content (AvgIpc) is 2.89. The number of carbonyl (C=O) groups excluding carboxylic acids is 2. The maximum Gasteiger partial charge on any atom is 0.266 e. The molecule has 0 spiro atoms. The average molecular weight is 381 g/mol. The second-order valence-corrected chi connectivity index (χ2v) is 6.78. The van der Waals surface area contributed by atoms with Gasteiger partial charge in [0.05, 0.1) is 22.2 Å². The van der Waals surface area contributed by atoms with Crippen LogP contribution in [0.25, 0.3) is 16.6 Å². The lowest BCUT2D eigenvalue weighted by molar-refractivity contribution is 0.0856. The molecule has 2 heterocycles. The molecule has 0 bridgehead atoms. The highest BCUT2D eigenvalue weighted by atomic mass is 16.2. The van der Waals surface area contributed by atoms with Crippen molar-refractivity contribution in [3.63, 3.8) is 0 Å². The van der Waals surface area contributed by atoms with E-state index in [1.165, 1.54) is 4.57 Å². The van der Waals surface area contributed by atoms with Crippen molar-refractivity contribution in [3.05, 3.63) is 106 Å². The van der Waals surface area contributed by atoms with Gasteiger partial charge < -0.3 is 5.32 Å². The van der Waals surface area contributed by atoms with Crippen molar-refractivity contribution in [2.75, 3.05) is 0 Å². The Balaban J connectivity index is 1.85. The van der Waals surface area contributed by atoms with E-state index in [4.69, 9.17) is 0 Å². The van der Waals surface area contributed by atoms with Crippen LogP contribution in [0.15, 0.2) is 83.7 Å². The lowest BCUT2D eigenvalue weighted by atomic mass is 10.0. The molecule has 0 fully saturated rings. The number of carbonyl (C=O) groups is 2. The van der Waals surface area contributed by atoms with Gasteiger partial charge >= 0.3 is 0 Å². The molecule has 29 heavy (non-hydrogen) atoms. The largest absolute Gasteiger partial charge is 0.335 e. The minimum absolute atomic E-state index is 0.195. The Morgan fingerprint density at radius 1 is 0.862 bits per heavy atom. The number of nitrogens with one attached hydrogen (secondary N) is 1. The van der Waals surface area contributed by atoms with Crippen molar-refractivity contribution in [2.45, 2.75) is 6.04 Å². The van der Waals surface area contributed by atoms with Gasteiger partial charge in [0.15, 0.2) is 11.8 Å². The fourth-order valence-electron chi connectivity index (χ4n) is 3.66. The summed E-state index contributed by atoms with van der Waals surface area (Å²) in [6.45, 7) is 0. The Bertz CT molecular complexity index is 1340. The van der Waals surface area contributed by atoms with Crippen LogP contribution in [0, 0.1) is 0 Å². The lowest BCUT2D eigenvalue weighted by Gasteiger charge is -2.18. The number of ketones is 1. The van der Waals surface area contributed by atoms with E-state index in [-0.39, 0.29) is 17.2 Å². The molecule has 0 saturated heterocycles. The van der Waals surface area contributed by atoms with Crippen LogP contribution >= 0.6 is 0 Å². The van der Waals surface area contributed by atoms with Crippen LogP contribution in [-0.4, -0.2) is 21.2 Å². The zero-order valence-electron chi connectivity index (χ0n) is 15.2. The Hall–Kier alpha value is -4.06. The monoisotopic (exact) mass is 381 g/mol. The van der Waals surface area contributed by atoms with Crippen LogP contribution < -0.4 is 10.9 Å². The SMILES string of the molecule is O=C1N[C@H](C(=O)c2ccccc2)c2nc3ccccc3c(=O)n2-c2ccccc21. The van der Waals surface area contributed by atoms with Crippen LogP contribution in [0.2, 0.25) is 0 Å². The van der Waals surface area contributed by atoms with Gasteiger partial charge in [-0.25, -0.2) is 4.98 Å². The number of aromatic nitrogens is 2. The van der Waals surface area contributed by atoms with Crippen molar-refractivity contribution in [1.82, 2.24) is 14.9 Å². The number of amides is 1. The van der Waals surface area contributed by atoms with Gasteiger partial charge in [0.2, 0.25) is 0 Å². The Morgan fingerprint density at radius 2 is 1.55 bits per heavy atom. The lowest BCUT2D eigenvalue weighted by Crippen LogP contribution is -2.35. The first-order valence-corrected chi connectivity index (χ1v) is 9.16. The summed E-state index contributed by atoms with van der Waals surface area (Å²) in [6.07, 6.45) is 0. The smallest absolute Gasteiger partial charge is 0.266 e. The van der Waals surface area contributed by atoms with Crippen LogP contribution in [0.3, 0.4) is 0 Å². The summed E-state index contributed by atoms with van der Waals surface area (Å²) >= 11 is 0. The van der Waals surface area contributed by atoms with E-state index in [1.54, 1.807) is 72.8 Å². The van der Waals surface area contributed by atoms with E-state index in [1.807, 2.05) is 6.07 Å². The van der Waals surface area contributed by atoms with Crippen LogP contribution in [0.5, 0.6) is 0 Å². The predicted octanol–water partition coefficient (Wildman–Crippen LogP) is 3.05. The number of benzene rings is 3. The van der Waals surface area contributed by atoms with E-state index < -0.39 is 11.9 Å². The van der Waals surface area contributed by atoms with E-state index in [0.29, 0.717) is 27.7 Å².